The highest BCUT2D eigenvalue weighted by Gasteiger charge is 2.25. The zero-order chi connectivity index (χ0) is 24.8. The van der Waals surface area contributed by atoms with Crippen LogP contribution in [0.15, 0.2) is 60.7 Å². The average Bonchev–Trinajstić information content (AvgIpc) is 2.89. The molecule has 0 saturated carbocycles. The Morgan fingerprint density at radius 1 is 0.886 bits per heavy atom. The monoisotopic (exact) mass is 474 g/mol. The SMILES string of the molecule is Nc1c(Cc2ccccc2)nc(-c2ccccc2)nc1C(=O)NCC(=O)N1CCN(C(=O)O)CC1. The van der Waals surface area contributed by atoms with Crippen LogP contribution in [-0.2, 0) is 11.2 Å². The van der Waals surface area contributed by atoms with Gasteiger partial charge in [0.2, 0.25) is 5.91 Å². The normalized spacial score (nSPS) is 13.4. The standard InChI is InChI=1S/C25H26N6O4/c26-21-19(15-17-7-3-1-4-8-17)28-23(18-9-5-2-6-10-18)29-22(21)24(33)27-16-20(32)30-11-13-31(14-12-30)25(34)35/h1-10H,11-16,26H2,(H,27,33)(H,34,35). The molecule has 10 heteroatoms. The van der Waals surface area contributed by atoms with Crippen molar-refractivity contribution in [1.82, 2.24) is 25.1 Å². The van der Waals surface area contributed by atoms with Crippen molar-refractivity contribution in [3.8, 4) is 11.4 Å². The number of aromatic nitrogens is 2. The van der Waals surface area contributed by atoms with E-state index in [0.717, 1.165) is 11.1 Å². The van der Waals surface area contributed by atoms with Crippen LogP contribution in [0.4, 0.5) is 10.5 Å². The van der Waals surface area contributed by atoms with Crippen LogP contribution >= 0.6 is 0 Å². The fraction of sp³-hybridized carbons (Fsp3) is 0.240. The summed E-state index contributed by atoms with van der Waals surface area (Å²) in [5, 5.41) is 11.7. The van der Waals surface area contributed by atoms with Crippen molar-refractivity contribution in [1.29, 1.82) is 0 Å². The molecule has 3 amide bonds. The van der Waals surface area contributed by atoms with Gasteiger partial charge < -0.3 is 26.0 Å². The number of nitrogens with two attached hydrogens (primary N) is 1. The van der Waals surface area contributed by atoms with Crippen LogP contribution in [-0.4, -0.2) is 75.5 Å². The molecule has 180 valence electrons. The second-order valence-corrected chi connectivity index (χ2v) is 8.12. The quantitative estimate of drug-likeness (QED) is 0.495. The third kappa shape index (κ3) is 5.72. The summed E-state index contributed by atoms with van der Waals surface area (Å²) >= 11 is 0. The average molecular weight is 475 g/mol. The highest BCUT2D eigenvalue weighted by atomic mass is 16.4. The summed E-state index contributed by atoms with van der Waals surface area (Å²) in [7, 11) is 0. The van der Waals surface area contributed by atoms with E-state index in [9.17, 15) is 14.4 Å². The number of piperazine rings is 1. The molecule has 10 nitrogen and oxygen atoms in total. The zero-order valence-electron chi connectivity index (χ0n) is 19.1. The van der Waals surface area contributed by atoms with Crippen LogP contribution in [0.1, 0.15) is 21.7 Å². The Labute approximate surface area is 202 Å². The first-order chi connectivity index (χ1) is 16.9. The molecule has 1 aliphatic rings. The van der Waals surface area contributed by atoms with Gasteiger partial charge in [-0.3, -0.25) is 9.59 Å². The lowest BCUT2D eigenvalue weighted by molar-refractivity contribution is -0.131. The van der Waals surface area contributed by atoms with Gasteiger partial charge in [0.05, 0.1) is 17.9 Å². The molecule has 35 heavy (non-hydrogen) atoms. The maximum Gasteiger partial charge on any atom is 0.407 e. The number of carbonyl (C=O) groups excluding carboxylic acids is 2. The topological polar surface area (TPSA) is 142 Å². The predicted molar refractivity (Wildman–Crippen MR) is 130 cm³/mol. The third-order valence-electron chi connectivity index (χ3n) is 5.79. The Balaban J connectivity index is 1.52. The molecule has 3 aromatic rings. The lowest BCUT2D eigenvalue weighted by atomic mass is 10.1. The van der Waals surface area contributed by atoms with E-state index in [2.05, 4.69) is 15.3 Å². The van der Waals surface area contributed by atoms with Crippen LogP contribution in [0.25, 0.3) is 11.4 Å². The molecule has 4 rings (SSSR count). The molecule has 2 heterocycles. The fourth-order valence-corrected chi connectivity index (χ4v) is 3.83. The van der Waals surface area contributed by atoms with Crippen LogP contribution < -0.4 is 11.1 Å². The molecule has 0 bridgehead atoms. The predicted octanol–water partition coefficient (Wildman–Crippen LogP) is 1.87. The molecule has 1 saturated heterocycles. The first-order valence-corrected chi connectivity index (χ1v) is 11.2. The Bertz CT molecular complexity index is 1210. The molecule has 2 aromatic carbocycles. The maximum atomic E-state index is 13.0. The van der Waals surface area contributed by atoms with E-state index in [4.69, 9.17) is 10.8 Å². The van der Waals surface area contributed by atoms with Gasteiger partial charge in [-0.25, -0.2) is 14.8 Å². The molecule has 1 aromatic heterocycles. The minimum Gasteiger partial charge on any atom is -0.465 e. The zero-order valence-corrected chi connectivity index (χ0v) is 19.1. The Morgan fingerprint density at radius 2 is 1.49 bits per heavy atom. The minimum absolute atomic E-state index is 0.00767. The van der Waals surface area contributed by atoms with Crippen LogP contribution in [0, 0.1) is 0 Å². The highest BCUT2D eigenvalue weighted by Crippen LogP contribution is 2.23. The van der Waals surface area contributed by atoms with E-state index in [-0.39, 0.29) is 50.0 Å². The molecule has 4 N–H and O–H groups in total. The van der Waals surface area contributed by atoms with E-state index < -0.39 is 12.0 Å². The molecular weight excluding hydrogens is 448 g/mol. The first kappa shape index (κ1) is 23.7. The Hall–Kier alpha value is -4.47. The minimum atomic E-state index is -1.01. The van der Waals surface area contributed by atoms with Gasteiger partial charge in [0.1, 0.15) is 0 Å². The molecule has 1 fully saturated rings. The Kier molecular flexibility index (Phi) is 7.20. The summed E-state index contributed by atoms with van der Waals surface area (Å²) in [6.07, 6.45) is -0.590. The largest absolute Gasteiger partial charge is 0.465 e. The van der Waals surface area contributed by atoms with Crippen molar-refractivity contribution < 1.29 is 19.5 Å². The molecule has 0 atom stereocenters. The van der Waals surface area contributed by atoms with Crippen LogP contribution in [0.2, 0.25) is 0 Å². The van der Waals surface area contributed by atoms with E-state index in [1.54, 1.807) is 0 Å². The number of hydrogen-bond donors (Lipinski definition) is 3. The van der Waals surface area contributed by atoms with Gasteiger partial charge in [0.25, 0.3) is 5.91 Å². The third-order valence-corrected chi connectivity index (χ3v) is 5.79. The lowest BCUT2D eigenvalue weighted by Gasteiger charge is -2.33. The number of nitrogens with zero attached hydrogens (tertiary/aromatic N) is 4. The number of carbonyl (C=O) groups is 3. The number of carboxylic acid groups (broad SMARTS) is 1. The molecule has 1 aliphatic heterocycles. The van der Waals surface area contributed by atoms with Gasteiger partial charge in [-0.05, 0) is 5.56 Å². The molecule has 0 aliphatic carbocycles. The van der Waals surface area contributed by atoms with E-state index >= 15 is 0 Å². The van der Waals surface area contributed by atoms with Crippen molar-refractivity contribution in [2.75, 3.05) is 38.5 Å². The number of rotatable bonds is 6. The molecule has 0 unspecified atom stereocenters. The summed E-state index contributed by atoms with van der Waals surface area (Å²) in [5.74, 6) is -0.510. The lowest BCUT2D eigenvalue weighted by Crippen LogP contribution is -2.52. The number of nitrogen functional groups attached to an aromatic ring is 1. The number of hydrogen-bond acceptors (Lipinski definition) is 6. The molecular formula is C25H26N6O4. The first-order valence-electron chi connectivity index (χ1n) is 11.2. The number of anilines is 1. The second-order valence-electron chi connectivity index (χ2n) is 8.12. The van der Waals surface area contributed by atoms with Gasteiger partial charge >= 0.3 is 6.09 Å². The summed E-state index contributed by atoms with van der Waals surface area (Å²) in [5.41, 5.74) is 8.74. The van der Waals surface area contributed by atoms with E-state index in [0.29, 0.717) is 17.9 Å². The summed E-state index contributed by atoms with van der Waals surface area (Å²) < 4.78 is 0. The van der Waals surface area contributed by atoms with Gasteiger partial charge in [0, 0.05) is 38.2 Å². The van der Waals surface area contributed by atoms with E-state index in [1.165, 1.54) is 9.80 Å². The number of nitrogens with one attached hydrogen (secondary N) is 1. The van der Waals surface area contributed by atoms with Crippen molar-refractivity contribution in [2.45, 2.75) is 6.42 Å². The highest BCUT2D eigenvalue weighted by molar-refractivity contribution is 5.99. The van der Waals surface area contributed by atoms with Crippen molar-refractivity contribution >= 4 is 23.6 Å². The fourth-order valence-electron chi connectivity index (χ4n) is 3.83. The van der Waals surface area contributed by atoms with Gasteiger partial charge in [0.15, 0.2) is 11.5 Å². The summed E-state index contributed by atoms with van der Waals surface area (Å²) in [6.45, 7) is 0.768. The second kappa shape index (κ2) is 10.6. The maximum absolute atomic E-state index is 13.0. The molecule has 0 spiro atoms. The number of amides is 3. The smallest absolute Gasteiger partial charge is 0.407 e. The van der Waals surface area contributed by atoms with Gasteiger partial charge in [-0.1, -0.05) is 60.7 Å². The number of benzene rings is 2. The van der Waals surface area contributed by atoms with Crippen molar-refractivity contribution in [3.63, 3.8) is 0 Å². The van der Waals surface area contributed by atoms with Crippen molar-refractivity contribution in [3.05, 3.63) is 77.6 Å². The Morgan fingerprint density at radius 3 is 2.11 bits per heavy atom. The van der Waals surface area contributed by atoms with Crippen LogP contribution in [0.5, 0.6) is 0 Å². The molecule has 0 radical (unpaired) electrons. The van der Waals surface area contributed by atoms with E-state index in [1.807, 2.05) is 60.7 Å². The van der Waals surface area contributed by atoms with Gasteiger partial charge in [-0.15, -0.1) is 0 Å². The summed E-state index contributed by atoms with van der Waals surface area (Å²) in [6, 6.07) is 18.9. The summed E-state index contributed by atoms with van der Waals surface area (Å²) in [4.78, 5) is 48.5. The van der Waals surface area contributed by atoms with Gasteiger partial charge in [-0.2, -0.15) is 0 Å². The van der Waals surface area contributed by atoms with Crippen LogP contribution in [0.3, 0.4) is 0 Å². The van der Waals surface area contributed by atoms with Crippen molar-refractivity contribution in [2.24, 2.45) is 0 Å².